The molecule has 1 aromatic carbocycles. The van der Waals surface area contributed by atoms with Gasteiger partial charge in [-0.05, 0) is 37.1 Å². The minimum absolute atomic E-state index is 0.109. The number of hydrogen-bond acceptors (Lipinski definition) is 2. The number of urea groups is 1. The predicted octanol–water partition coefficient (Wildman–Crippen LogP) is 3.49. The van der Waals surface area contributed by atoms with Gasteiger partial charge >= 0.3 is 6.03 Å². The Morgan fingerprint density at radius 3 is 1.95 bits per heavy atom. The lowest BCUT2D eigenvalue weighted by atomic mass is 10.1. The highest BCUT2D eigenvalue weighted by Gasteiger charge is 2.14. The van der Waals surface area contributed by atoms with Crippen LogP contribution >= 0.6 is 0 Å². The van der Waals surface area contributed by atoms with Gasteiger partial charge in [0.25, 0.3) is 0 Å². The highest BCUT2D eigenvalue weighted by atomic mass is 16.2. The second-order valence-electron chi connectivity index (χ2n) is 5.55. The van der Waals surface area contributed by atoms with Crippen molar-refractivity contribution in [2.45, 2.75) is 51.5 Å². The van der Waals surface area contributed by atoms with Crippen LogP contribution in [0.1, 0.15) is 45.4 Å². The van der Waals surface area contributed by atoms with E-state index in [1.54, 1.807) is 24.3 Å². The number of rotatable bonds is 3. The van der Waals surface area contributed by atoms with Crippen molar-refractivity contribution < 1.29 is 9.59 Å². The fourth-order valence-corrected chi connectivity index (χ4v) is 2.62. The van der Waals surface area contributed by atoms with Crippen LogP contribution in [0.4, 0.5) is 16.2 Å². The van der Waals surface area contributed by atoms with Crippen LogP contribution < -0.4 is 16.0 Å². The third-order valence-corrected chi connectivity index (χ3v) is 3.65. The number of carbonyl (C=O) groups is 2. The van der Waals surface area contributed by atoms with E-state index in [0.717, 1.165) is 24.2 Å². The Morgan fingerprint density at radius 1 is 0.905 bits per heavy atom. The van der Waals surface area contributed by atoms with E-state index in [-0.39, 0.29) is 18.0 Å². The van der Waals surface area contributed by atoms with E-state index >= 15 is 0 Å². The lowest BCUT2D eigenvalue weighted by molar-refractivity contribution is -0.114. The maximum Gasteiger partial charge on any atom is 0.319 e. The summed E-state index contributed by atoms with van der Waals surface area (Å²) in [6.45, 7) is 1.46. The summed E-state index contributed by atoms with van der Waals surface area (Å²) < 4.78 is 0. The molecule has 0 heterocycles. The third kappa shape index (κ3) is 5.45. The minimum Gasteiger partial charge on any atom is -0.335 e. The Morgan fingerprint density at radius 2 is 1.43 bits per heavy atom. The number of amides is 3. The van der Waals surface area contributed by atoms with Crippen molar-refractivity contribution in [1.82, 2.24) is 5.32 Å². The highest BCUT2D eigenvalue weighted by molar-refractivity contribution is 5.91. The van der Waals surface area contributed by atoms with Gasteiger partial charge in [0, 0.05) is 24.3 Å². The van der Waals surface area contributed by atoms with Gasteiger partial charge in [-0.2, -0.15) is 0 Å². The molecule has 5 nitrogen and oxygen atoms in total. The number of nitrogens with one attached hydrogen (secondary N) is 3. The van der Waals surface area contributed by atoms with Crippen LogP contribution in [0.5, 0.6) is 0 Å². The standard InChI is InChI=1S/C16H23N3O2/c1-12(20)17-14-8-10-15(11-9-14)19-16(21)18-13-6-4-2-3-5-7-13/h8-11,13H,2-7H2,1H3,(H,17,20)(H2,18,19,21). The van der Waals surface area contributed by atoms with Crippen LogP contribution in [0.15, 0.2) is 24.3 Å². The molecule has 3 N–H and O–H groups in total. The monoisotopic (exact) mass is 289 g/mol. The molecule has 0 atom stereocenters. The Hall–Kier alpha value is -2.04. The van der Waals surface area contributed by atoms with Gasteiger partial charge in [0.1, 0.15) is 0 Å². The summed E-state index contributed by atoms with van der Waals surface area (Å²) in [7, 11) is 0. The van der Waals surface area contributed by atoms with E-state index in [1.807, 2.05) is 0 Å². The zero-order valence-electron chi connectivity index (χ0n) is 12.4. The molecule has 1 aliphatic carbocycles. The van der Waals surface area contributed by atoms with Crippen LogP contribution in [-0.4, -0.2) is 18.0 Å². The van der Waals surface area contributed by atoms with Crippen LogP contribution in [-0.2, 0) is 4.79 Å². The van der Waals surface area contributed by atoms with Crippen molar-refractivity contribution >= 4 is 23.3 Å². The molecule has 0 saturated heterocycles. The van der Waals surface area contributed by atoms with Gasteiger partial charge in [-0.1, -0.05) is 25.7 Å². The quantitative estimate of drug-likeness (QED) is 0.745. The molecule has 114 valence electrons. The molecule has 5 heteroatoms. The second kappa shape index (κ2) is 7.67. The van der Waals surface area contributed by atoms with Crippen molar-refractivity contribution in [3.63, 3.8) is 0 Å². The second-order valence-corrected chi connectivity index (χ2v) is 5.55. The topological polar surface area (TPSA) is 70.2 Å². The van der Waals surface area contributed by atoms with Crippen molar-refractivity contribution in [1.29, 1.82) is 0 Å². The number of carbonyl (C=O) groups excluding carboxylic acids is 2. The molecule has 0 spiro atoms. The molecule has 2 rings (SSSR count). The first kappa shape index (κ1) is 15.4. The maximum atomic E-state index is 12.0. The molecule has 1 fully saturated rings. The molecule has 21 heavy (non-hydrogen) atoms. The fraction of sp³-hybridized carbons (Fsp3) is 0.500. The summed E-state index contributed by atoms with van der Waals surface area (Å²) in [6, 6.07) is 7.21. The third-order valence-electron chi connectivity index (χ3n) is 3.65. The molecule has 1 aliphatic rings. The van der Waals surface area contributed by atoms with Gasteiger partial charge in [0.05, 0.1) is 0 Å². The van der Waals surface area contributed by atoms with Gasteiger partial charge < -0.3 is 16.0 Å². The molecular weight excluding hydrogens is 266 g/mol. The summed E-state index contributed by atoms with van der Waals surface area (Å²) >= 11 is 0. The van der Waals surface area contributed by atoms with Crippen LogP contribution in [0.2, 0.25) is 0 Å². The van der Waals surface area contributed by atoms with E-state index in [4.69, 9.17) is 0 Å². The summed E-state index contributed by atoms with van der Waals surface area (Å²) in [5, 5.41) is 8.55. The molecular formula is C16H23N3O2. The zero-order valence-corrected chi connectivity index (χ0v) is 12.4. The van der Waals surface area contributed by atoms with Crippen LogP contribution in [0.3, 0.4) is 0 Å². The zero-order chi connectivity index (χ0) is 15.1. The molecule has 0 radical (unpaired) electrons. The van der Waals surface area contributed by atoms with E-state index in [1.165, 1.54) is 32.6 Å². The smallest absolute Gasteiger partial charge is 0.319 e. The minimum atomic E-state index is -0.158. The first-order valence-corrected chi connectivity index (χ1v) is 7.58. The predicted molar refractivity (Wildman–Crippen MR) is 84.4 cm³/mol. The van der Waals surface area contributed by atoms with E-state index in [2.05, 4.69) is 16.0 Å². The highest BCUT2D eigenvalue weighted by Crippen LogP contribution is 2.18. The van der Waals surface area contributed by atoms with Crippen molar-refractivity contribution in [2.75, 3.05) is 10.6 Å². The average Bonchev–Trinajstić information content (AvgIpc) is 2.69. The van der Waals surface area contributed by atoms with Gasteiger partial charge in [-0.3, -0.25) is 4.79 Å². The van der Waals surface area contributed by atoms with Gasteiger partial charge in [0.15, 0.2) is 0 Å². The maximum absolute atomic E-state index is 12.0. The first-order chi connectivity index (χ1) is 10.1. The summed E-state index contributed by atoms with van der Waals surface area (Å²) in [5.41, 5.74) is 1.44. The SMILES string of the molecule is CC(=O)Nc1ccc(NC(=O)NC2CCCCCC2)cc1. The van der Waals surface area contributed by atoms with Gasteiger partial charge in [0.2, 0.25) is 5.91 Å². The summed E-state index contributed by atoms with van der Waals surface area (Å²) in [5.74, 6) is -0.109. The molecule has 0 aromatic heterocycles. The normalized spacial score (nSPS) is 15.9. The van der Waals surface area contributed by atoms with E-state index in [0.29, 0.717) is 0 Å². The Balaban J connectivity index is 1.82. The van der Waals surface area contributed by atoms with Gasteiger partial charge in [-0.15, -0.1) is 0 Å². The van der Waals surface area contributed by atoms with Crippen molar-refractivity contribution in [3.8, 4) is 0 Å². The largest absolute Gasteiger partial charge is 0.335 e. The Bertz CT molecular complexity index is 477. The summed E-state index contributed by atoms with van der Waals surface area (Å²) in [4.78, 5) is 22.9. The fourth-order valence-electron chi connectivity index (χ4n) is 2.62. The average molecular weight is 289 g/mol. The number of anilines is 2. The molecule has 3 amide bonds. The Labute approximate surface area is 125 Å². The molecule has 1 aromatic rings. The van der Waals surface area contributed by atoms with Crippen molar-refractivity contribution in [3.05, 3.63) is 24.3 Å². The van der Waals surface area contributed by atoms with Crippen molar-refractivity contribution in [2.24, 2.45) is 0 Å². The molecule has 0 bridgehead atoms. The lowest BCUT2D eigenvalue weighted by Gasteiger charge is -2.16. The number of hydrogen-bond donors (Lipinski definition) is 3. The van der Waals surface area contributed by atoms with Gasteiger partial charge in [-0.25, -0.2) is 4.79 Å². The molecule has 0 unspecified atom stereocenters. The lowest BCUT2D eigenvalue weighted by Crippen LogP contribution is -2.37. The van der Waals surface area contributed by atoms with E-state index in [9.17, 15) is 9.59 Å². The number of benzene rings is 1. The first-order valence-electron chi connectivity index (χ1n) is 7.58. The van der Waals surface area contributed by atoms with E-state index < -0.39 is 0 Å². The summed E-state index contributed by atoms with van der Waals surface area (Å²) in [6.07, 6.45) is 7.05. The Kier molecular flexibility index (Phi) is 5.60. The molecule has 1 saturated carbocycles. The van der Waals surface area contributed by atoms with Crippen LogP contribution in [0.25, 0.3) is 0 Å². The molecule has 0 aliphatic heterocycles. The van der Waals surface area contributed by atoms with Crippen LogP contribution in [0, 0.1) is 0 Å².